The van der Waals surface area contributed by atoms with Crippen molar-refractivity contribution in [3.8, 4) is 6.07 Å². The number of benzene rings is 1. The number of nitrogens with one attached hydrogen (secondary N) is 1. The van der Waals surface area contributed by atoms with Crippen LogP contribution in [0.5, 0.6) is 0 Å². The van der Waals surface area contributed by atoms with Crippen molar-refractivity contribution in [1.29, 1.82) is 5.26 Å². The van der Waals surface area contributed by atoms with Gasteiger partial charge in [0.15, 0.2) is 0 Å². The Morgan fingerprint density at radius 1 is 1.18 bits per heavy atom. The van der Waals surface area contributed by atoms with E-state index in [0.717, 1.165) is 6.26 Å². The fraction of sp³-hybridized carbons (Fsp3) is 0.500. The molecule has 1 saturated heterocycles. The van der Waals surface area contributed by atoms with Crippen molar-refractivity contribution < 1.29 is 17.7 Å². The van der Waals surface area contributed by atoms with Gasteiger partial charge < -0.3 is 9.31 Å². The first-order valence-electron chi connectivity index (χ1n) is 6.83. The summed E-state index contributed by atoms with van der Waals surface area (Å²) in [6, 6.07) is 6.80. The van der Waals surface area contributed by atoms with Crippen LogP contribution in [0.25, 0.3) is 0 Å². The normalized spacial score (nSPS) is 19.7. The molecule has 1 aromatic carbocycles. The lowest BCUT2D eigenvalue weighted by molar-refractivity contribution is 0.00578. The molecule has 1 N–H and O–H groups in total. The van der Waals surface area contributed by atoms with E-state index in [1.165, 1.54) is 0 Å². The minimum atomic E-state index is -3.44. The Hall–Kier alpha value is -1.56. The molecule has 0 aromatic heterocycles. The maximum atomic E-state index is 11.3. The van der Waals surface area contributed by atoms with Crippen molar-refractivity contribution >= 4 is 28.3 Å². The van der Waals surface area contributed by atoms with Gasteiger partial charge in [0.05, 0.1) is 28.7 Å². The Bertz CT molecular complexity index is 722. The molecule has 0 aliphatic carbocycles. The number of hydrogen-bond donors (Lipinski definition) is 1. The van der Waals surface area contributed by atoms with Gasteiger partial charge in [-0.2, -0.15) is 5.26 Å². The summed E-state index contributed by atoms with van der Waals surface area (Å²) in [6.07, 6.45) is 1.04. The third-order valence-corrected chi connectivity index (χ3v) is 4.58. The smallest absolute Gasteiger partial charge is 0.399 e. The van der Waals surface area contributed by atoms with Crippen LogP contribution in [0, 0.1) is 11.3 Å². The molecular formula is C14H19BN2O4S. The van der Waals surface area contributed by atoms with Crippen LogP contribution in [0.3, 0.4) is 0 Å². The molecule has 8 heteroatoms. The van der Waals surface area contributed by atoms with E-state index in [4.69, 9.17) is 9.31 Å². The molecule has 0 atom stereocenters. The van der Waals surface area contributed by atoms with Gasteiger partial charge in [-0.05, 0) is 45.3 Å². The average molecular weight is 322 g/mol. The Labute approximate surface area is 131 Å². The van der Waals surface area contributed by atoms with Crippen LogP contribution in [0.15, 0.2) is 18.2 Å². The number of rotatable bonds is 3. The van der Waals surface area contributed by atoms with Gasteiger partial charge in [-0.3, -0.25) is 4.72 Å². The van der Waals surface area contributed by atoms with E-state index in [1.807, 2.05) is 33.8 Å². The number of anilines is 1. The van der Waals surface area contributed by atoms with E-state index in [-0.39, 0.29) is 11.3 Å². The molecule has 1 aliphatic heterocycles. The SMILES string of the molecule is CC1(C)OB(c2ccc(NS(C)(=O)=O)c(C#N)c2)OC1(C)C. The maximum absolute atomic E-state index is 11.3. The Balaban J connectivity index is 2.34. The van der Waals surface area contributed by atoms with Crippen LogP contribution >= 0.6 is 0 Å². The molecule has 0 saturated carbocycles. The molecule has 0 unspecified atom stereocenters. The summed E-state index contributed by atoms with van der Waals surface area (Å²) in [5.41, 5.74) is 0.180. The van der Waals surface area contributed by atoms with Crippen molar-refractivity contribution in [2.75, 3.05) is 11.0 Å². The van der Waals surface area contributed by atoms with Gasteiger partial charge in [0.25, 0.3) is 0 Å². The van der Waals surface area contributed by atoms with Gasteiger partial charge in [-0.15, -0.1) is 0 Å². The molecule has 118 valence electrons. The standard InChI is InChI=1S/C14H19BN2O4S/c1-13(2)14(3,4)21-15(20-13)11-6-7-12(10(8-11)9-16)17-22(5,18)19/h6-8,17H,1-5H3. The summed E-state index contributed by atoms with van der Waals surface area (Å²) in [4.78, 5) is 0. The predicted octanol–water partition coefficient (Wildman–Crippen LogP) is 1.23. The molecule has 6 nitrogen and oxygen atoms in total. The van der Waals surface area contributed by atoms with Crippen molar-refractivity contribution in [3.05, 3.63) is 23.8 Å². The van der Waals surface area contributed by atoms with E-state index >= 15 is 0 Å². The van der Waals surface area contributed by atoms with E-state index < -0.39 is 28.3 Å². The molecular weight excluding hydrogens is 303 g/mol. The number of hydrogen-bond acceptors (Lipinski definition) is 5. The van der Waals surface area contributed by atoms with Crippen LogP contribution in [0.1, 0.15) is 33.3 Å². The highest BCUT2D eigenvalue weighted by atomic mass is 32.2. The lowest BCUT2D eigenvalue weighted by Crippen LogP contribution is -2.41. The fourth-order valence-electron chi connectivity index (χ4n) is 2.07. The second-order valence-electron chi connectivity index (χ2n) is 6.38. The van der Waals surface area contributed by atoms with Gasteiger partial charge >= 0.3 is 7.12 Å². The Morgan fingerprint density at radius 3 is 2.18 bits per heavy atom. The van der Waals surface area contributed by atoms with Crippen molar-refractivity contribution in [3.63, 3.8) is 0 Å². The largest absolute Gasteiger partial charge is 0.494 e. The summed E-state index contributed by atoms with van der Waals surface area (Å²) >= 11 is 0. The second-order valence-corrected chi connectivity index (χ2v) is 8.13. The topological polar surface area (TPSA) is 88.4 Å². The zero-order valence-electron chi connectivity index (χ0n) is 13.3. The van der Waals surface area contributed by atoms with E-state index in [1.54, 1.807) is 18.2 Å². The Kier molecular flexibility index (Phi) is 4.02. The van der Waals surface area contributed by atoms with Crippen LogP contribution in [-0.2, 0) is 19.3 Å². The van der Waals surface area contributed by atoms with Crippen molar-refractivity contribution in [2.24, 2.45) is 0 Å². The summed E-state index contributed by atoms with van der Waals surface area (Å²) in [5, 5.41) is 9.22. The van der Waals surface area contributed by atoms with Crippen LogP contribution in [0.4, 0.5) is 5.69 Å². The highest BCUT2D eigenvalue weighted by Gasteiger charge is 2.51. The van der Waals surface area contributed by atoms with E-state index in [0.29, 0.717) is 5.46 Å². The first-order valence-corrected chi connectivity index (χ1v) is 8.72. The van der Waals surface area contributed by atoms with E-state index in [2.05, 4.69) is 4.72 Å². The molecule has 0 spiro atoms. The maximum Gasteiger partial charge on any atom is 0.494 e. The average Bonchev–Trinajstić information content (AvgIpc) is 2.57. The zero-order chi connectivity index (χ0) is 16.8. The highest BCUT2D eigenvalue weighted by Crippen LogP contribution is 2.36. The highest BCUT2D eigenvalue weighted by molar-refractivity contribution is 7.92. The first kappa shape index (κ1) is 16.8. The number of nitriles is 1. The summed E-state index contributed by atoms with van der Waals surface area (Å²) < 4.78 is 36.8. The molecule has 1 aliphatic rings. The van der Waals surface area contributed by atoms with Gasteiger partial charge in [0.2, 0.25) is 10.0 Å². The zero-order valence-corrected chi connectivity index (χ0v) is 14.1. The second kappa shape index (κ2) is 5.27. The Morgan fingerprint density at radius 2 is 1.73 bits per heavy atom. The molecule has 0 amide bonds. The molecule has 2 rings (SSSR count). The minimum Gasteiger partial charge on any atom is -0.399 e. The third-order valence-electron chi connectivity index (χ3n) is 3.98. The fourth-order valence-corrected chi connectivity index (χ4v) is 2.65. The first-order chi connectivity index (χ1) is 9.95. The molecule has 1 aromatic rings. The predicted molar refractivity (Wildman–Crippen MR) is 85.3 cm³/mol. The van der Waals surface area contributed by atoms with Crippen molar-refractivity contribution in [1.82, 2.24) is 0 Å². The monoisotopic (exact) mass is 322 g/mol. The molecule has 0 bridgehead atoms. The van der Waals surface area contributed by atoms with Crippen LogP contribution < -0.4 is 10.2 Å². The molecule has 22 heavy (non-hydrogen) atoms. The van der Waals surface area contributed by atoms with Gasteiger partial charge in [0, 0.05) is 0 Å². The minimum absolute atomic E-state index is 0.220. The number of nitrogens with zero attached hydrogens (tertiary/aromatic N) is 1. The quantitative estimate of drug-likeness (QED) is 0.846. The van der Waals surface area contributed by atoms with Gasteiger partial charge in [0.1, 0.15) is 6.07 Å². The van der Waals surface area contributed by atoms with Crippen molar-refractivity contribution in [2.45, 2.75) is 38.9 Å². The van der Waals surface area contributed by atoms with Crippen LogP contribution in [0.2, 0.25) is 0 Å². The van der Waals surface area contributed by atoms with Gasteiger partial charge in [-0.25, -0.2) is 8.42 Å². The summed E-state index contributed by atoms with van der Waals surface area (Å²) in [6.45, 7) is 7.77. The lowest BCUT2D eigenvalue weighted by atomic mass is 9.78. The summed E-state index contributed by atoms with van der Waals surface area (Å²) in [7, 11) is -4.04. The third kappa shape index (κ3) is 3.27. The molecule has 0 radical (unpaired) electrons. The lowest BCUT2D eigenvalue weighted by Gasteiger charge is -2.32. The summed E-state index contributed by atoms with van der Waals surface area (Å²) in [5.74, 6) is 0. The van der Waals surface area contributed by atoms with E-state index in [9.17, 15) is 13.7 Å². The molecule has 1 heterocycles. The van der Waals surface area contributed by atoms with Crippen LogP contribution in [-0.4, -0.2) is 33.0 Å². The number of sulfonamides is 1. The molecule has 1 fully saturated rings. The van der Waals surface area contributed by atoms with Gasteiger partial charge in [-0.1, -0.05) is 6.07 Å².